The van der Waals surface area contributed by atoms with Crippen molar-refractivity contribution in [2.24, 2.45) is 13.0 Å². The normalized spacial score (nSPS) is 22.0. The van der Waals surface area contributed by atoms with Gasteiger partial charge in [0.2, 0.25) is 5.92 Å². The van der Waals surface area contributed by atoms with E-state index < -0.39 is 5.92 Å². The molecule has 0 saturated heterocycles. The molecule has 0 bridgehead atoms. The molecule has 5 heteroatoms. The van der Waals surface area contributed by atoms with Gasteiger partial charge in [-0.2, -0.15) is 5.10 Å². The van der Waals surface area contributed by atoms with Crippen molar-refractivity contribution in [3.05, 3.63) is 18.0 Å². The summed E-state index contributed by atoms with van der Waals surface area (Å²) >= 11 is 0. The molecule has 1 aliphatic rings. The van der Waals surface area contributed by atoms with Crippen molar-refractivity contribution < 1.29 is 8.78 Å². The minimum atomic E-state index is -2.46. The van der Waals surface area contributed by atoms with Gasteiger partial charge in [-0.05, 0) is 31.4 Å². The SMILES string of the molecule is CCNC(c1ccn(C)n1)C1CCC(F)(F)CC1. The van der Waals surface area contributed by atoms with E-state index >= 15 is 0 Å². The topological polar surface area (TPSA) is 29.9 Å². The van der Waals surface area contributed by atoms with Gasteiger partial charge in [-0.15, -0.1) is 0 Å². The Morgan fingerprint density at radius 2 is 2.17 bits per heavy atom. The van der Waals surface area contributed by atoms with E-state index in [4.69, 9.17) is 0 Å². The summed E-state index contributed by atoms with van der Waals surface area (Å²) in [4.78, 5) is 0. The maximum atomic E-state index is 13.2. The second-order valence-corrected chi connectivity index (χ2v) is 5.14. The molecule has 1 fully saturated rings. The minimum Gasteiger partial charge on any atom is -0.309 e. The Hall–Kier alpha value is -0.970. The van der Waals surface area contributed by atoms with Gasteiger partial charge in [0, 0.05) is 26.1 Å². The lowest BCUT2D eigenvalue weighted by Gasteiger charge is -2.33. The number of hydrogen-bond acceptors (Lipinski definition) is 2. The summed E-state index contributed by atoms with van der Waals surface area (Å²) < 4.78 is 28.1. The molecule has 1 unspecified atom stereocenters. The molecule has 1 aromatic rings. The van der Waals surface area contributed by atoms with Crippen LogP contribution in [0.5, 0.6) is 0 Å². The quantitative estimate of drug-likeness (QED) is 0.898. The molecule has 1 aliphatic carbocycles. The Labute approximate surface area is 107 Å². The van der Waals surface area contributed by atoms with Gasteiger partial charge in [-0.1, -0.05) is 6.92 Å². The predicted molar refractivity (Wildman–Crippen MR) is 66.5 cm³/mol. The van der Waals surface area contributed by atoms with Crippen molar-refractivity contribution in [1.29, 1.82) is 0 Å². The monoisotopic (exact) mass is 257 g/mol. The fourth-order valence-electron chi connectivity index (χ4n) is 2.73. The third-order valence-corrected chi connectivity index (χ3v) is 3.71. The highest BCUT2D eigenvalue weighted by atomic mass is 19.3. The number of aryl methyl sites for hydroxylation is 1. The molecule has 0 amide bonds. The van der Waals surface area contributed by atoms with E-state index in [1.165, 1.54) is 0 Å². The molecule has 102 valence electrons. The molecule has 1 atom stereocenters. The van der Waals surface area contributed by atoms with Gasteiger partial charge in [0.1, 0.15) is 0 Å². The Balaban J connectivity index is 2.07. The fraction of sp³-hybridized carbons (Fsp3) is 0.769. The third kappa shape index (κ3) is 3.07. The number of nitrogens with one attached hydrogen (secondary N) is 1. The Kier molecular flexibility index (Phi) is 4.00. The molecule has 3 nitrogen and oxygen atoms in total. The average Bonchev–Trinajstić information content (AvgIpc) is 2.73. The van der Waals surface area contributed by atoms with Crippen molar-refractivity contribution in [2.45, 2.75) is 44.6 Å². The van der Waals surface area contributed by atoms with Crippen LogP contribution in [-0.2, 0) is 7.05 Å². The van der Waals surface area contributed by atoms with Crippen LogP contribution in [0.4, 0.5) is 8.78 Å². The highest BCUT2D eigenvalue weighted by Crippen LogP contribution is 2.40. The standard InChI is InChI=1S/C13H21F2N3/c1-3-16-12(11-6-9-18(2)17-11)10-4-7-13(14,15)8-5-10/h6,9-10,12,16H,3-5,7-8H2,1-2H3. The first kappa shape index (κ1) is 13.5. The maximum Gasteiger partial charge on any atom is 0.248 e. The van der Waals surface area contributed by atoms with Gasteiger partial charge in [0.15, 0.2) is 0 Å². The summed E-state index contributed by atoms with van der Waals surface area (Å²) in [5.41, 5.74) is 0.967. The molecular weight excluding hydrogens is 236 g/mol. The second kappa shape index (κ2) is 5.34. The van der Waals surface area contributed by atoms with Crippen LogP contribution in [0.15, 0.2) is 12.3 Å². The molecule has 18 heavy (non-hydrogen) atoms. The first-order chi connectivity index (χ1) is 8.52. The van der Waals surface area contributed by atoms with Crippen LogP contribution in [0.1, 0.15) is 44.3 Å². The smallest absolute Gasteiger partial charge is 0.248 e. The molecule has 1 saturated carbocycles. The lowest BCUT2D eigenvalue weighted by Crippen LogP contribution is -2.34. The summed E-state index contributed by atoms with van der Waals surface area (Å²) in [7, 11) is 1.88. The van der Waals surface area contributed by atoms with E-state index in [9.17, 15) is 8.78 Å². The van der Waals surface area contributed by atoms with E-state index in [2.05, 4.69) is 10.4 Å². The zero-order chi connectivity index (χ0) is 13.2. The molecule has 0 radical (unpaired) electrons. The minimum absolute atomic E-state index is 0.00634. The molecule has 2 rings (SSSR count). The number of alkyl halides is 2. The number of nitrogens with zero attached hydrogens (tertiary/aromatic N) is 2. The zero-order valence-corrected chi connectivity index (χ0v) is 11.0. The number of rotatable bonds is 4. The highest BCUT2D eigenvalue weighted by molar-refractivity contribution is 5.08. The summed E-state index contributed by atoms with van der Waals surface area (Å²) in [5, 5.41) is 7.80. The van der Waals surface area contributed by atoms with Crippen LogP contribution >= 0.6 is 0 Å². The number of hydrogen-bond donors (Lipinski definition) is 1. The maximum absolute atomic E-state index is 13.2. The Morgan fingerprint density at radius 1 is 1.50 bits per heavy atom. The molecular formula is C13H21F2N3. The average molecular weight is 257 g/mol. The lowest BCUT2D eigenvalue weighted by molar-refractivity contribution is -0.0498. The lowest BCUT2D eigenvalue weighted by atomic mass is 9.81. The number of halogens is 2. The molecule has 1 heterocycles. The van der Waals surface area contributed by atoms with Crippen LogP contribution in [0.25, 0.3) is 0 Å². The highest BCUT2D eigenvalue weighted by Gasteiger charge is 2.38. The molecule has 0 aromatic carbocycles. The van der Waals surface area contributed by atoms with Crippen LogP contribution < -0.4 is 5.32 Å². The van der Waals surface area contributed by atoms with Crippen LogP contribution in [0.3, 0.4) is 0 Å². The molecule has 0 spiro atoms. The summed E-state index contributed by atoms with van der Waals surface area (Å²) in [6.07, 6.45) is 3.05. The van der Waals surface area contributed by atoms with Crippen LogP contribution in [0.2, 0.25) is 0 Å². The largest absolute Gasteiger partial charge is 0.309 e. The van der Waals surface area contributed by atoms with Crippen molar-refractivity contribution in [3.63, 3.8) is 0 Å². The second-order valence-electron chi connectivity index (χ2n) is 5.14. The zero-order valence-electron chi connectivity index (χ0n) is 11.0. The predicted octanol–water partition coefficient (Wildman–Crippen LogP) is 2.90. The van der Waals surface area contributed by atoms with Crippen molar-refractivity contribution in [3.8, 4) is 0 Å². The molecule has 1 N–H and O–H groups in total. The first-order valence-corrected chi connectivity index (χ1v) is 6.62. The third-order valence-electron chi connectivity index (χ3n) is 3.71. The first-order valence-electron chi connectivity index (χ1n) is 6.62. The van der Waals surface area contributed by atoms with Gasteiger partial charge in [-0.25, -0.2) is 8.78 Å². The van der Waals surface area contributed by atoms with E-state index in [-0.39, 0.29) is 24.8 Å². The van der Waals surface area contributed by atoms with E-state index in [1.54, 1.807) is 4.68 Å². The molecule has 1 aromatic heterocycles. The van der Waals surface area contributed by atoms with Crippen molar-refractivity contribution >= 4 is 0 Å². The summed E-state index contributed by atoms with van der Waals surface area (Å²) in [6.45, 7) is 2.86. The van der Waals surface area contributed by atoms with Crippen LogP contribution in [0, 0.1) is 5.92 Å². The van der Waals surface area contributed by atoms with Crippen molar-refractivity contribution in [1.82, 2.24) is 15.1 Å². The van der Waals surface area contributed by atoms with Gasteiger partial charge in [-0.3, -0.25) is 4.68 Å². The van der Waals surface area contributed by atoms with Gasteiger partial charge in [0.05, 0.1) is 11.7 Å². The summed E-state index contributed by atoms with van der Waals surface area (Å²) in [6, 6.07) is 2.08. The van der Waals surface area contributed by atoms with E-state index in [0.717, 1.165) is 12.2 Å². The fourth-order valence-corrected chi connectivity index (χ4v) is 2.73. The van der Waals surface area contributed by atoms with Gasteiger partial charge in [0.25, 0.3) is 0 Å². The van der Waals surface area contributed by atoms with Crippen LogP contribution in [-0.4, -0.2) is 22.2 Å². The molecule has 0 aliphatic heterocycles. The summed E-state index contributed by atoms with van der Waals surface area (Å²) in [5.74, 6) is -2.20. The van der Waals surface area contributed by atoms with Gasteiger partial charge < -0.3 is 5.32 Å². The van der Waals surface area contributed by atoms with Gasteiger partial charge >= 0.3 is 0 Å². The van der Waals surface area contributed by atoms with Crippen molar-refractivity contribution in [2.75, 3.05) is 6.54 Å². The van der Waals surface area contributed by atoms with E-state index in [0.29, 0.717) is 12.8 Å². The Bertz CT molecular complexity index is 379. The Morgan fingerprint density at radius 3 is 2.67 bits per heavy atom. The van der Waals surface area contributed by atoms with E-state index in [1.807, 2.05) is 26.2 Å². The number of aromatic nitrogens is 2.